The minimum absolute atomic E-state index is 0.182. The SMILES string of the molecule is CC(C)(C#N)CCCN1CCN(CCO)CC1. The first-order valence-corrected chi connectivity index (χ1v) is 6.54. The zero-order valence-electron chi connectivity index (χ0n) is 11.2. The minimum atomic E-state index is -0.182. The Hall–Kier alpha value is -0.630. The lowest BCUT2D eigenvalue weighted by molar-refractivity contribution is 0.110. The van der Waals surface area contributed by atoms with Gasteiger partial charge in [-0.15, -0.1) is 0 Å². The number of hydrogen-bond acceptors (Lipinski definition) is 4. The number of rotatable bonds is 6. The fourth-order valence-corrected chi connectivity index (χ4v) is 2.18. The Bertz CT molecular complexity index is 252. The van der Waals surface area contributed by atoms with Crippen LogP contribution in [-0.2, 0) is 0 Å². The van der Waals surface area contributed by atoms with Gasteiger partial charge in [-0.05, 0) is 33.2 Å². The molecule has 0 atom stereocenters. The van der Waals surface area contributed by atoms with E-state index in [-0.39, 0.29) is 12.0 Å². The lowest BCUT2D eigenvalue weighted by Crippen LogP contribution is -2.47. The molecule has 0 aromatic heterocycles. The molecule has 0 amide bonds. The van der Waals surface area contributed by atoms with Crippen molar-refractivity contribution in [3.63, 3.8) is 0 Å². The summed E-state index contributed by atoms with van der Waals surface area (Å²) in [6, 6.07) is 2.35. The van der Waals surface area contributed by atoms with Crippen molar-refractivity contribution in [3.8, 4) is 6.07 Å². The van der Waals surface area contributed by atoms with E-state index < -0.39 is 0 Å². The maximum absolute atomic E-state index is 8.93. The molecule has 4 heteroatoms. The third-order valence-electron chi connectivity index (χ3n) is 3.46. The zero-order valence-corrected chi connectivity index (χ0v) is 11.2. The molecule has 0 spiro atoms. The molecule has 17 heavy (non-hydrogen) atoms. The van der Waals surface area contributed by atoms with Gasteiger partial charge in [0, 0.05) is 32.7 Å². The highest BCUT2D eigenvalue weighted by molar-refractivity contribution is 4.91. The Morgan fingerprint density at radius 1 is 1.12 bits per heavy atom. The number of aliphatic hydroxyl groups is 1. The number of piperazine rings is 1. The molecule has 0 saturated carbocycles. The number of β-amino-alcohol motifs (C(OH)–C–C–N with tert-alkyl or cyclic N) is 1. The summed E-state index contributed by atoms with van der Waals surface area (Å²) in [6.45, 7) is 10.5. The summed E-state index contributed by atoms with van der Waals surface area (Å²) in [6.07, 6.45) is 2.07. The third-order valence-corrected chi connectivity index (χ3v) is 3.46. The predicted molar refractivity (Wildman–Crippen MR) is 68.6 cm³/mol. The van der Waals surface area contributed by atoms with E-state index in [2.05, 4.69) is 15.9 Å². The molecule has 0 unspecified atom stereocenters. The Morgan fingerprint density at radius 2 is 1.65 bits per heavy atom. The summed E-state index contributed by atoms with van der Waals surface area (Å²) >= 11 is 0. The average molecular weight is 239 g/mol. The van der Waals surface area contributed by atoms with Crippen molar-refractivity contribution < 1.29 is 5.11 Å². The Kier molecular flexibility index (Phi) is 5.90. The molecule has 1 fully saturated rings. The van der Waals surface area contributed by atoms with Crippen LogP contribution in [0.2, 0.25) is 0 Å². The summed E-state index contributed by atoms with van der Waals surface area (Å²) in [7, 11) is 0. The van der Waals surface area contributed by atoms with E-state index in [4.69, 9.17) is 10.4 Å². The minimum Gasteiger partial charge on any atom is -0.395 e. The van der Waals surface area contributed by atoms with Crippen molar-refractivity contribution in [3.05, 3.63) is 0 Å². The van der Waals surface area contributed by atoms with Gasteiger partial charge in [0.1, 0.15) is 0 Å². The van der Waals surface area contributed by atoms with Gasteiger partial charge in [-0.3, -0.25) is 4.90 Å². The summed E-state index contributed by atoms with van der Waals surface area (Å²) in [5.41, 5.74) is -0.182. The summed E-state index contributed by atoms with van der Waals surface area (Å²) < 4.78 is 0. The quantitative estimate of drug-likeness (QED) is 0.749. The molecule has 1 aliphatic heterocycles. The van der Waals surface area contributed by atoms with Gasteiger partial charge in [0.05, 0.1) is 18.1 Å². The van der Waals surface area contributed by atoms with Crippen molar-refractivity contribution in [1.82, 2.24) is 9.80 Å². The second kappa shape index (κ2) is 6.95. The van der Waals surface area contributed by atoms with Crippen LogP contribution in [0.25, 0.3) is 0 Å². The van der Waals surface area contributed by atoms with Gasteiger partial charge < -0.3 is 10.0 Å². The second-order valence-corrected chi connectivity index (χ2v) is 5.51. The fraction of sp³-hybridized carbons (Fsp3) is 0.923. The van der Waals surface area contributed by atoms with Crippen molar-refractivity contribution in [2.45, 2.75) is 26.7 Å². The molecule has 1 N–H and O–H groups in total. The highest BCUT2D eigenvalue weighted by Gasteiger charge is 2.19. The largest absolute Gasteiger partial charge is 0.395 e. The number of hydrogen-bond donors (Lipinski definition) is 1. The van der Waals surface area contributed by atoms with E-state index in [1.165, 1.54) is 0 Å². The fourth-order valence-electron chi connectivity index (χ4n) is 2.18. The number of nitrogens with zero attached hydrogens (tertiary/aromatic N) is 3. The van der Waals surface area contributed by atoms with E-state index in [9.17, 15) is 0 Å². The number of aliphatic hydroxyl groups excluding tert-OH is 1. The van der Waals surface area contributed by atoms with E-state index >= 15 is 0 Å². The predicted octanol–water partition coefficient (Wildman–Crippen LogP) is 0.926. The molecule has 4 nitrogen and oxygen atoms in total. The van der Waals surface area contributed by atoms with Crippen LogP contribution in [0.4, 0.5) is 0 Å². The first kappa shape index (κ1) is 14.4. The van der Waals surface area contributed by atoms with E-state index in [0.717, 1.165) is 52.1 Å². The van der Waals surface area contributed by atoms with Gasteiger partial charge in [0.15, 0.2) is 0 Å². The normalized spacial score (nSPS) is 19.2. The van der Waals surface area contributed by atoms with Gasteiger partial charge in [0.25, 0.3) is 0 Å². The Labute approximate surface area is 105 Å². The molecular weight excluding hydrogens is 214 g/mol. The van der Waals surface area contributed by atoms with Crippen LogP contribution in [0.3, 0.4) is 0 Å². The van der Waals surface area contributed by atoms with Crippen LogP contribution >= 0.6 is 0 Å². The van der Waals surface area contributed by atoms with Crippen molar-refractivity contribution in [2.75, 3.05) is 45.9 Å². The van der Waals surface area contributed by atoms with E-state index in [1.807, 2.05) is 13.8 Å². The molecule has 1 saturated heterocycles. The first-order chi connectivity index (χ1) is 8.07. The standard InChI is InChI=1S/C13H25N3O/c1-13(2,12-14)4-3-5-15-6-8-16(9-7-15)10-11-17/h17H,3-11H2,1-2H3. The molecule has 98 valence electrons. The Balaban J connectivity index is 2.13. The molecule has 0 radical (unpaired) electrons. The lowest BCUT2D eigenvalue weighted by atomic mass is 9.90. The van der Waals surface area contributed by atoms with Crippen LogP contribution < -0.4 is 0 Å². The molecular formula is C13H25N3O. The smallest absolute Gasteiger partial charge is 0.0683 e. The number of nitriles is 1. The van der Waals surface area contributed by atoms with Crippen molar-refractivity contribution in [1.29, 1.82) is 5.26 Å². The molecule has 1 aliphatic rings. The Morgan fingerprint density at radius 3 is 2.12 bits per heavy atom. The van der Waals surface area contributed by atoms with Gasteiger partial charge in [0.2, 0.25) is 0 Å². The van der Waals surface area contributed by atoms with Crippen LogP contribution in [0, 0.1) is 16.7 Å². The molecule has 0 aromatic rings. The average Bonchev–Trinajstić information content (AvgIpc) is 2.32. The maximum Gasteiger partial charge on any atom is 0.0683 e. The van der Waals surface area contributed by atoms with E-state index in [1.54, 1.807) is 0 Å². The van der Waals surface area contributed by atoms with Crippen LogP contribution in [0.5, 0.6) is 0 Å². The maximum atomic E-state index is 8.93. The molecule has 0 aliphatic carbocycles. The zero-order chi connectivity index (χ0) is 12.7. The second-order valence-electron chi connectivity index (χ2n) is 5.51. The van der Waals surface area contributed by atoms with Gasteiger partial charge in [-0.1, -0.05) is 0 Å². The van der Waals surface area contributed by atoms with Crippen LogP contribution in [0.1, 0.15) is 26.7 Å². The third kappa shape index (κ3) is 5.49. The van der Waals surface area contributed by atoms with Crippen molar-refractivity contribution >= 4 is 0 Å². The van der Waals surface area contributed by atoms with Crippen LogP contribution in [0.15, 0.2) is 0 Å². The summed E-state index contributed by atoms with van der Waals surface area (Å²) in [4.78, 5) is 4.76. The highest BCUT2D eigenvalue weighted by atomic mass is 16.3. The highest BCUT2D eigenvalue weighted by Crippen LogP contribution is 2.20. The molecule has 0 bridgehead atoms. The topological polar surface area (TPSA) is 50.5 Å². The van der Waals surface area contributed by atoms with Crippen LogP contribution in [-0.4, -0.2) is 60.8 Å². The summed E-state index contributed by atoms with van der Waals surface area (Å²) in [5.74, 6) is 0. The molecule has 1 rings (SSSR count). The van der Waals surface area contributed by atoms with Gasteiger partial charge in [-0.2, -0.15) is 5.26 Å². The molecule has 1 heterocycles. The molecule has 0 aromatic carbocycles. The lowest BCUT2D eigenvalue weighted by Gasteiger charge is -2.34. The van der Waals surface area contributed by atoms with E-state index in [0.29, 0.717) is 0 Å². The monoisotopic (exact) mass is 239 g/mol. The van der Waals surface area contributed by atoms with Gasteiger partial charge >= 0.3 is 0 Å². The summed E-state index contributed by atoms with van der Waals surface area (Å²) in [5, 5.41) is 17.8. The first-order valence-electron chi connectivity index (χ1n) is 6.54. The van der Waals surface area contributed by atoms with Gasteiger partial charge in [-0.25, -0.2) is 0 Å². The van der Waals surface area contributed by atoms with Crippen molar-refractivity contribution in [2.24, 2.45) is 5.41 Å².